The first-order valence-electron chi connectivity index (χ1n) is 13.0. The normalized spacial score (nSPS) is 15.2. The number of fused-ring (bicyclic) bond motifs is 1. The summed E-state index contributed by atoms with van der Waals surface area (Å²) in [5, 5.41) is 22.3. The fraction of sp³-hybridized carbons (Fsp3) is 0.161. The van der Waals surface area contributed by atoms with E-state index in [0.717, 1.165) is 11.1 Å². The zero-order chi connectivity index (χ0) is 28.8. The minimum atomic E-state index is -1.06. The van der Waals surface area contributed by atoms with E-state index in [-0.39, 0.29) is 23.0 Å². The molecule has 5 aromatic rings. The number of rotatable bonds is 7. The van der Waals surface area contributed by atoms with Crippen LogP contribution in [0.25, 0.3) is 21.6 Å². The number of aliphatic hydroxyl groups is 1. The molecule has 1 aliphatic rings. The summed E-state index contributed by atoms with van der Waals surface area (Å²) in [4.78, 5) is 41.8. The molecule has 3 N–H and O–H groups in total. The highest BCUT2D eigenvalue weighted by Gasteiger charge is 2.47. The number of aryl methyl sites for hydroxylation is 2. The number of aromatic hydroxyl groups is 1. The third-order valence-corrected chi connectivity index (χ3v) is 8.13. The number of aromatic nitrogens is 3. The Hall–Kier alpha value is -4.96. The minimum absolute atomic E-state index is 0.0856. The van der Waals surface area contributed by atoms with Crippen molar-refractivity contribution in [3.05, 3.63) is 99.8 Å². The number of aromatic amines is 1. The molecule has 0 aliphatic carbocycles. The number of phenols is 1. The molecule has 0 fully saturated rings. The molecule has 10 heteroatoms. The van der Waals surface area contributed by atoms with Crippen LogP contribution in [-0.2, 0) is 4.79 Å². The third-order valence-electron chi connectivity index (χ3n) is 6.93. The van der Waals surface area contributed by atoms with Gasteiger partial charge in [-0.1, -0.05) is 42.5 Å². The summed E-state index contributed by atoms with van der Waals surface area (Å²) >= 11 is 1.20. The van der Waals surface area contributed by atoms with E-state index in [1.165, 1.54) is 22.3 Å². The van der Waals surface area contributed by atoms with Gasteiger partial charge in [-0.3, -0.25) is 14.5 Å². The molecule has 0 bridgehead atoms. The molecule has 3 heterocycles. The van der Waals surface area contributed by atoms with Crippen molar-refractivity contribution in [1.82, 2.24) is 15.0 Å². The van der Waals surface area contributed by atoms with Gasteiger partial charge in [-0.25, -0.2) is 9.97 Å². The van der Waals surface area contributed by atoms with Crippen LogP contribution in [-0.4, -0.2) is 43.5 Å². The van der Waals surface area contributed by atoms with E-state index in [4.69, 9.17) is 4.74 Å². The lowest BCUT2D eigenvalue weighted by Gasteiger charge is -2.25. The van der Waals surface area contributed by atoms with Crippen LogP contribution in [0.5, 0.6) is 11.5 Å². The van der Waals surface area contributed by atoms with E-state index in [0.29, 0.717) is 38.8 Å². The average Bonchev–Trinajstić information content (AvgIpc) is 3.63. The van der Waals surface area contributed by atoms with Crippen molar-refractivity contribution < 1.29 is 24.5 Å². The largest absolute Gasteiger partial charge is 0.504 e. The molecule has 9 nitrogen and oxygen atoms in total. The number of anilines is 1. The van der Waals surface area contributed by atoms with Gasteiger partial charge in [0.1, 0.15) is 5.01 Å². The minimum Gasteiger partial charge on any atom is -0.504 e. The first-order chi connectivity index (χ1) is 19.8. The number of carbonyl (C=O) groups excluding carboxylic acids is 2. The number of amides is 1. The number of ether oxygens (including phenoxy) is 1. The van der Waals surface area contributed by atoms with Crippen molar-refractivity contribution in [2.75, 3.05) is 11.5 Å². The first kappa shape index (κ1) is 26.3. The Balaban J connectivity index is 1.50. The van der Waals surface area contributed by atoms with E-state index in [9.17, 15) is 19.8 Å². The number of ketones is 1. The summed E-state index contributed by atoms with van der Waals surface area (Å²) in [6, 6.07) is 18.7. The summed E-state index contributed by atoms with van der Waals surface area (Å²) in [5.41, 5.74) is 4.03. The van der Waals surface area contributed by atoms with Crippen LogP contribution in [0.2, 0.25) is 0 Å². The summed E-state index contributed by atoms with van der Waals surface area (Å²) in [6.07, 6.45) is 0. The molecule has 6 rings (SSSR count). The van der Waals surface area contributed by atoms with Gasteiger partial charge in [-0.2, -0.15) is 0 Å². The second kappa shape index (κ2) is 10.2. The molecule has 41 heavy (non-hydrogen) atoms. The molecule has 3 aromatic carbocycles. The summed E-state index contributed by atoms with van der Waals surface area (Å²) < 4.78 is 5.60. The maximum Gasteiger partial charge on any atom is 0.296 e. The number of Topliss-reactive ketones (excluding diaryl/α,β-unsaturated/α-hetero) is 1. The number of hydrogen-bond acceptors (Lipinski definition) is 8. The second-order valence-corrected chi connectivity index (χ2v) is 10.7. The van der Waals surface area contributed by atoms with Gasteiger partial charge < -0.3 is 19.9 Å². The quantitative estimate of drug-likeness (QED) is 0.200. The summed E-state index contributed by atoms with van der Waals surface area (Å²) in [7, 11) is 0. The molecule has 0 saturated heterocycles. The number of H-pyrrole nitrogens is 1. The van der Waals surface area contributed by atoms with E-state index in [1.54, 1.807) is 26.0 Å². The molecule has 1 amide bonds. The number of carbonyl (C=O) groups is 2. The predicted octanol–water partition coefficient (Wildman–Crippen LogP) is 6.19. The average molecular weight is 567 g/mol. The number of phenolic OH excluding ortho intramolecular Hbond substituents is 1. The van der Waals surface area contributed by atoms with Gasteiger partial charge in [0.15, 0.2) is 17.3 Å². The van der Waals surface area contributed by atoms with Crippen molar-refractivity contribution in [2.45, 2.75) is 26.8 Å². The van der Waals surface area contributed by atoms with Crippen LogP contribution in [0.1, 0.15) is 39.5 Å². The molecule has 2 aromatic heterocycles. The molecule has 0 radical (unpaired) electrons. The van der Waals surface area contributed by atoms with Gasteiger partial charge in [0.05, 0.1) is 39.8 Å². The van der Waals surface area contributed by atoms with Gasteiger partial charge in [-0.05, 0) is 56.2 Å². The van der Waals surface area contributed by atoms with Crippen molar-refractivity contribution >= 4 is 40.0 Å². The fourth-order valence-corrected chi connectivity index (χ4v) is 6.03. The smallest absolute Gasteiger partial charge is 0.296 e. The van der Waals surface area contributed by atoms with E-state index in [1.807, 2.05) is 55.5 Å². The zero-order valence-corrected chi connectivity index (χ0v) is 23.3. The SMILES string of the molecule is CCOc1cc(C2C(C(=O)c3sc(-c4ccccc4)nc3C)=C(O)C(=O)N2c2nc3ccc(C)cc3[nH]2)ccc1O. The third kappa shape index (κ3) is 4.52. The Bertz CT molecular complexity index is 1860. The van der Waals surface area contributed by atoms with Gasteiger partial charge in [0.2, 0.25) is 11.7 Å². The lowest BCUT2D eigenvalue weighted by atomic mass is 9.95. The number of imidazole rings is 1. The molecule has 1 atom stereocenters. The molecular formula is C31H26N4O5S. The monoisotopic (exact) mass is 566 g/mol. The predicted molar refractivity (Wildman–Crippen MR) is 157 cm³/mol. The highest BCUT2D eigenvalue weighted by Crippen LogP contribution is 2.44. The Morgan fingerprint density at radius 1 is 1.05 bits per heavy atom. The Morgan fingerprint density at radius 2 is 1.83 bits per heavy atom. The van der Waals surface area contributed by atoms with Crippen LogP contribution in [0, 0.1) is 13.8 Å². The van der Waals surface area contributed by atoms with Crippen LogP contribution < -0.4 is 9.64 Å². The Labute approximate surface area is 239 Å². The van der Waals surface area contributed by atoms with Crippen LogP contribution >= 0.6 is 11.3 Å². The van der Waals surface area contributed by atoms with Gasteiger partial charge >= 0.3 is 0 Å². The highest BCUT2D eigenvalue weighted by molar-refractivity contribution is 7.17. The standard InChI is InChI=1S/C31H26N4O5S/c1-4-40-23-15-19(11-13-22(23)36)25-24(26(37)28-17(3)32-29(41-28)18-8-6-5-7-9-18)27(38)30(39)35(25)31-33-20-12-10-16(2)14-21(20)34-31/h5-15,25,36,38H,4H2,1-3H3,(H,33,34). The maximum absolute atomic E-state index is 14.2. The fourth-order valence-electron chi connectivity index (χ4n) is 5.00. The number of aliphatic hydroxyl groups excluding tert-OH is 1. The molecule has 0 saturated carbocycles. The zero-order valence-electron chi connectivity index (χ0n) is 22.5. The maximum atomic E-state index is 14.2. The van der Waals surface area contributed by atoms with Gasteiger partial charge in [0.25, 0.3) is 5.91 Å². The van der Waals surface area contributed by atoms with Crippen molar-refractivity contribution in [1.29, 1.82) is 0 Å². The number of benzene rings is 3. The lowest BCUT2D eigenvalue weighted by molar-refractivity contribution is -0.117. The summed E-state index contributed by atoms with van der Waals surface area (Å²) in [6.45, 7) is 5.75. The van der Waals surface area contributed by atoms with Crippen molar-refractivity contribution in [3.63, 3.8) is 0 Å². The molecular weight excluding hydrogens is 540 g/mol. The highest BCUT2D eigenvalue weighted by atomic mass is 32.1. The molecule has 1 aliphatic heterocycles. The van der Waals surface area contributed by atoms with Crippen LogP contribution in [0.15, 0.2) is 78.1 Å². The topological polar surface area (TPSA) is 129 Å². The number of thiazole rings is 1. The van der Waals surface area contributed by atoms with Crippen molar-refractivity contribution in [3.8, 4) is 22.1 Å². The number of nitrogens with one attached hydrogen (secondary N) is 1. The van der Waals surface area contributed by atoms with Crippen LogP contribution in [0.4, 0.5) is 5.95 Å². The van der Waals surface area contributed by atoms with Gasteiger partial charge in [0, 0.05) is 5.56 Å². The Kier molecular flexibility index (Phi) is 6.55. The molecule has 206 valence electrons. The lowest BCUT2D eigenvalue weighted by Crippen LogP contribution is -2.32. The van der Waals surface area contributed by atoms with E-state index < -0.39 is 23.5 Å². The first-order valence-corrected chi connectivity index (χ1v) is 13.8. The van der Waals surface area contributed by atoms with E-state index in [2.05, 4.69) is 15.0 Å². The summed E-state index contributed by atoms with van der Waals surface area (Å²) in [5.74, 6) is -1.68. The van der Waals surface area contributed by atoms with E-state index >= 15 is 0 Å². The molecule has 1 unspecified atom stereocenters. The number of nitrogens with zero attached hydrogens (tertiary/aromatic N) is 3. The van der Waals surface area contributed by atoms with Crippen molar-refractivity contribution in [2.24, 2.45) is 0 Å². The van der Waals surface area contributed by atoms with Crippen LogP contribution in [0.3, 0.4) is 0 Å². The Morgan fingerprint density at radius 3 is 2.59 bits per heavy atom. The van der Waals surface area contributed by atoms with Gasteiger partial charge in [-0.15, -0.1) is 11.3 Å². The number of hydrogen-bond donors (Lipinski definition) is 3. The second-order valence-electron chi connectivity index (χ2n) is 9.71. The molecule has 0 spiro atoms.